The predicted octanol–water partition coefficient (Wildman–Crippen LogP) is 2.80. The predicted molar refractivity (Wildman–Crippen MR) is 89.6 cm³/mol. The van der Waals surface area contributed by atoms with Gasteiger partial charge in [0.05, 0.1) is 6.61 Å². The van der Waals surface area contributed by atoms with Gasteiger partial charge in [0.1, 0.15) is 0 Å². The van der Waals surface area contributed by atoms with Crippen molar-refractivity contribution in [3.05, 3.63) is 12.7 Å². The van der Waals surface area contributed by atoms with E-state index in [2.05, 4.69) is 16.1 Å². The molecule has 31 heavy (non-hydrogen) atoms. The zero-order valence-corrected chi connectivity index (χ0v) is 17.2. The topological polar surface area (TPSA) is 119 Å². The number of carbonyl (C=O) groups excluding carboxylic acids is 2. The van der Waals surface area contributed by atoms with E-state index >= 15 is 0 Å². The molecule has 0 saturated heterocycles. The van der Waals surface area contributed by atoms with Crippen LogP contribution >= 0.6 is 0 Å². The van der Waals surface area contributed by atoms with Gasteiger partial charge < -0.3 is 14.8 Å². The molecule has 0 heterocycles. The van der Waals surface area contributed by atoms with Crippen molar-refractivity contribution in [1.29, 1.82) is 0 Å². The zero-order valence-electron chi connectivity index (χ0n) is 16.4. The van der Waals surface area contributed by atoms with Crippen LogP contribution in [0.25, 0.3) is 0 Å². The number of alkyl halides is 7. The third-order valence-electron chi connectivity index (χ3n) is 3.26. The first-order valence-corrected chi connectivity index (χ1v) is 9.59. The Balaban J connectivity index is 5.78. The molecule has 0 spiro atoms. The number of nitrogens with one attached hydrogen (secondary N) is 1. The summed E-state index contributed by atoms with van der Waals surface area (Å²) in [4.78, 5) is 23.6. The summed E-state index contributed by atoms with van der Waals surface area (Å²) >= 11 is 0. The van der Waals surface area contributed by atoms with Gasteiger partial charge in [-0.25, -0.2) is 4.79 Å². The molecule has 0 bridgehead atoms. The van der Waals surface area contributed by atoms with Gasteiger partial charge in [-0.1, -0.05) is 6.58 Å². The van der Waals surface area contributed by atoms with E-state index in [1.165, 1.54) is 20.8 Å². The fourth-order valence-electron chi connectivity index (χ4n) is 1.86. The van der Waals surface area contributed by atoms with Crippen molar-refractivity contribution in [3.8, 4) is 0 Å². The van der Waals surface area contributed by atoms with Crippen molar-refractivity contribution in [2.24, 2.45) is 0 Å². The fraction of sp³-hybridized carbons (Fsp3) is 0.733. The SMILES string of the molecule is C=CC(=O)OC(OCCCC(F)(F)C(F)(F)S(=O)(=O)O)(C(=O)NC(C)(C)C)C(F)(F)F. The van der Waals surface area contributed by atoms with E-state index in [0.717, 1.165) is 0 Å². The Morgan fingerprint density at radius 2 is 1.55 bits per heavy atom. The molecule has 8 nitrogen and oxygen atoms in total. The molecule has 0 aromatic rings. The van der Waals surface area contributed by atoms with Crippen LogP contribution in [-0.2, 0) is 29.2 Å². The fourth-order valence-corrected chi connectivity index (χ4v) is 2.34. The molecule has 0 radical (unpaired) electrons. The van der Waals surface area contributed by atoms with Crippen LogP contribution in [0.15, 0.2) is 12.7 Å². The van der Waals surface area contributed by atoms with Crippen molar-refractivity contribution in [3.63, 3.8) is 0 Å². The van der Waals surface area contributed by atoms with Gasteiger partial charge in [0.15, 0.2) is 0 Å². The first-order chi connectivity index (χ1) is 13.5. The van der Waals surface area contributed by atoms with Gasteiger partial charge in [-0.2, -0.15) is 39.2 Å². The highest BCUT2D eigenvalue weighted by atomic mass is 32.2. The van der Waals surface area contributed by atoms with Crippen molar-refractivity contribution in [2.45, 2.75) is 62.3 Å². The van der Waals surface area contributed by atoms with E-state index in [9.17, 15) is 48.7 Å². The van der Waals surface area contributed by atoms with Crippen LogP contribution in [0.2, 0.25) is 0 Å². The van der Waals surface area contributed by atoms with Gasteiger partial charge >= 0.3 is 45.1 Å². The summed E-state index contributed by atoms with van der Waals surface area (Å²) in [6.45, 7) is 5.08. The van der Waals surface area contributed by atoms with E-state index in [1.807, 2.05) is 5.32 Å². The van der Waals surface area contributed by atoms with Gasteiger partial charge in [0.2, 0.25) is 0 Å². The Kier molecular flexibility index (Phi) is 8.70. The molecule has 0 aliphatic rings. The maximum atomic E-state index is 13.6. The lowest BCUT2D eigenvalue weighted by molar-refractivity contribution is -0.347. The first-order valence-electron chi connectivity index (χ1n) is 8.15. The Labute approximate surface area is 172 Å². The van der Waals surface area contributed by atoms with E-state index in [-0.39, 0.29) is 6.08 Å². The van der Waals surface area contributed by atoms with Crippen LogP contribution in [0.3, 0.4) is 0 Å². The van der Waals surface area contributed by atoms with Crippen LogP contribution in [0, 0.1) is 0 Å². The van der Waals surface area contributed by atoms with Crippen LogP contribution < -0.4 is 5.32 Å². The largest absolute Gasteiger partial charge is 0.466 e. The third kappa shape index (κ3) is 7.03. The van der Waals surface area contributed by atoms with Gasteiger partial charge in [-0.15, -0.1) is 0 Å². The Bertz CT molecular complexity index is 791. The molecule has 0 saturated carbocycles. The summed E-state index contributed by atoms with van der Waals surface area (Å²) in [5.41, 5.74) is -1.32. The molecule has 2 N–H and O–H groups in total. The third-order valence-corrected chi connectivity index (χ3v) is 4.21. The molecular formula is C15H20F7NO7S. The lowest BCUT2D eigenvalue weighted by Crippen LogP contribution is -2.64. The number of halogens is 7. The van der Waals surface area contributed by atoms with E-state index in [1.54, 1.807) is 0 Å². The standard InChI is InChI=1S/C15H20F7NO7S/c1-5-9(24)30-13(14(18,19)20,10(25)23-11(2,3)4)29-8-6-7-12(16,17)15(21,22)31(26,27)28/h5H,1,6-8H2,2-4H3,(H,23,25)(H,26,27,28). The summed E-state index contributed by atoms with van der Waals surface area (Å²) in [6.07, 6.45) is -8.97. The normalized spacial score (nSPS) is 15.7. The second-order valence-electron chi connectivity index (χ2n) is 7.09. The monoisotopic (exact) mass is 491 g/mol. The summed E-state index contributed by atoms with van der Waals surface area (Å²) in [6, 6.07) is 0. The number of hydrogen-bond donors (Lipinski definition) is 2. The number of ether oxygens (including phenoxy) is 2. The van der Waals surface area contributed by atoms with Crippen molar-refractivity contribution < 1.29 is 62.8 Å². The summed E-state index contributed by atoms with van der Waals surface area (Å²) in [5.74, 6) is -13.6. The van der Waals surface area contributed by atoms with E-state index in [0.29, 0.717) is 0 Å². The van der Waals surface area contributed by atoms with Crippen molar-refractivity contribution in [2.75, 3.05) is 6.61 Å². The molecule has 0 aromatic carbocycles. The average molecular weight is 491 g/mol. The minimum absolute atomic E-state index is 0.245. The number of hydrogen-bond acceptors (Lipinski definition) is 6. The number of rotatable bonds is 10. The molecule has 0 rings (SSSR count). The smallest absolute Gasteiger partial charge is 0.412 e. The zero-order chi connectivity index (χ0) is 25.1. The Hall–Kier alpha value is -1.94. The maximum absolute atomic E-state index is 13.6. The molecule has 0 aliphatic carbocycles. The molecule has 1 atom stereocenters. The highest BCUT2D eigenvalue weighted by Gasteiger charge is 2.67. The second-order valence-corrected chi connectivity index (χ2v) is 8.55. The molecule has 1 unspecified atom stereocenters. The van der Waals surface area contributed by atoms with E-state index < -0.39 is 70.1 Å². The number of esters is 1. The lowest BCUT2D eigenvalue weighted by Gasteiger charge is -2.35. The van der Waals surface area contributed by atoms with Gasteiger partial charge in [0, 0.05) is 18.0 Å². The minimum Gasteiger partial charge on any atom is -0.412 e. The van der Waals surface area contributed by atoms with E-state index in [4.69, 9.17) is 4.55 Å². The lowest BCUT2D eigenvalue weighted by atomic mass is 10.1. The number of amides is 1. The molecular weight excluding hydrogens is 471 g/mol. The summed E-state index contributed by atoms with van der Waals surface area (Å²) in [7, 11) is -6.55. The summed E-state index contributed by atoms with van der Waals surface area (Å²) < 4.78 is 131. The van der Waals surface area contributed by atoms with Crippen LogP contribution in [0.5, 0.6) is 0 Å². The highest BCUT2D eigenvalue weighted by molar-refractivity contribution is 7.87. The molecule has 16 heteroatoms. The molecule has 1 amide bonds. The first kappa shape index (κ1) is 29.1. The second kappa shape index (κ2) is 9.28. The molecule has 182 valence electrons. The Morgan fingerprint density at radius 1 is 1.06 bits per heavy atom. The average Bonchev–Trinajstić information content (AvgIpc) is 2.53. The quantitative estimate of drug-likeness (QED) is 0.120. The van der Waals surface area contributed by atoms with Crippen molar-refractivity contribution in [1.82, 2.24) is 5.32 Å². The van der Waals surface area contributed by atoms with Gasteiger partial charge in [-0.3, -0.25) is 9.35 Å². The van der Waals surface area contributed by atoms with Gasteiger partial charge in [-0.05, 0) is 27.2 Å². The van der Waals surface area contributed by atoms with Crippen molar-refractivity contribution >= 4 is 22.0 Å². The van der Waals surface area contributed by atoms with Crippen LogP contribution in [0.1, 0.15) is 33.6 Å². The summed E-state index contributed by atoms with van der Waals surface area (Å²) in [5, 5.41) is -4.12. The molecule has 0 aliphatic heterocycles. The van der Waals surface area contributed by atoms with Gasteiger partial charge in [0.25, 0.3) is 0 Å². The maximum Gasteiger partial charge on any atom is 0.466 e. The van der Waals surface area contributed by atoms with Crippen LogP contribution in [0.4, 0.5) is 30.7 Å². The molecule has 0 aromatic heterocycles. The highest BCUT2D eigenvalue weighted by Crippen LogP contribution is 2.42. The number of carbonyl (C=O) groups is 2. The Morgan fingerprint density at radius 3 is 1.90 bits per heavy atom. The molecule has 0 fully saturated rings. The minimum atomic E-state index is -6.55. The van der Waals surface area contributed by atoms with Crippen LogP contribution in [-0.4, -0.2) is 60.1 Å².